The molecule has 0 atom stereocenters. The van der Waals surface area contributed by atoms with Gasteiger partial charge in [-0.1, -0.05) is 6.07 Å². The van der Waals surface area contributed by atoms with Gasteiger partial charge in [0, 0.05) is 25.6 Å². The molecular formula is C21H24N2O6. The molecule has 29 heavy (non-hydrogen) atoms. The lowest BCUT2D eigenvalue weighted by Gasteiger charge is -2.09. The third kappa shape index (κ3) is 7.92. The number of ether oxygens (including phenoxy) is 3. The Morgan fingerprint density at radius 2 is 1.52 bits per heavy atom. The van der Waals surface area contributed by atoms with Crippen molar-refractivity contribution in [1.82, 2.24) is 10.6 Å². The van der Waals surface area contributed by atoms with Crippen LogP contribution in [0.3, 0.4) is 0 Å². The molecule has 2 amide bonds. The van der Waals surface area contributed by atoms with E-state index in [1.54, 1.807) is 42.5 Å². The van der Waals surface area contributed by atoms with Crippen LogP contribution in [0.15, 0.2) is 48.5 Å². The van der Waals surface area contributed by atoms with Crippen molar-refractivity contribution in [2.45, 2.75) is 13.8 Å². The summed E-state index contributed by atoms with van der Waals surface area (Å²) in [6, 6.07) is 13.3. The smallest absolute Gasteiger partial charge is 0.308 e. The summed E-state index contributed by atoms with van der Waals surface area (Å²) in [5.41, 5.74) is 0.355. The van der Waals surface area contributed by atoms with Crippen LogP contribution in [-0.4, -0.2) is 44.1 Å². The first-order valence-corrected chi connectivity index (χ1v) is 9.17. The highest BCUT2D eigenvalue weighted by molar-refractivity contribution is 5.94. The minimum atomic E-state index is -0.460. The maximum Gasteiger partial charge on any atom is 0.308 e. The van der Waals surface area contributed by atoms with Crippen LogP contribution < -0.4 is 24.8 Å². The van der Waals surface area contributed by atoms with Crippen LogP contribution in [0.4, 0.5) is 0 Å². The standard InChI is InChI=1S/C21H24N2O6/c1-3-27-17-7-9-18(10-8-17)28-14-20(25)22-11-12-23-21(26)16-5-4-6-19(13-16)29-15(2)24/h4-10,13H,3,11-12,14H2,1-2H3,(H,22,25)(H,23,26). The van der Waals surface area contributed by atoms with Crippen LogP contribution in [0.25, 0.3) is 0 Å². The lowest BCUT2D eigenvalue weighted by molar-refractivity contribution is -0.131. The molecule has 0 aliphatic rings. The average molecular weight is 400 g/mol. The van der Waals surface area contributed by atoms with E-state index in [1.807, 2.05) is 6.92 Å². The molecule has 0 radical (unpaired) electrons. The second-order valence-electron chi connectivity index (χ2n) is 5.92. The summed E-state index contributed by atoms with van der Waals surface area (Å²) >= 11 is 0. The fourth-order valence-corrected chi connectivity index (χ4v) is 2.35. The largest absolute Gasteiger partial charge is 0.494 e. The van der Waals surface area contributed by atoms with Crippen LogP contribution in [0.1, 0.15) is 24.2 Å². The van der Waals surface area contributed by atoms with Crippen LogP contribution in [0, 0.1) is 0 Å². The summed E-state index contributed by atoms with van der Waals surface area (Å²) in [4.78, 5) is 34.9. The first kappa shape index (κ1) is 21.7. The topological polar surface area (TPSA) is 103 Å². The molecule has 0 unspecified atom stereocenters. The molecule has 0 bridgehead atoms. The van der Waals surface area contributed by atoms with E-state index < -0.39 is 5.97 Å². The maximum absolute atomic E-state index is 12.1. The third-order valence-corrected chi connectivity index (χ3v) is 3.60. The molecular weight excluding hydrogens is 376 g/mol. The van der Waals surface area contributed by atoms with Gasteiger partial charge in [-0.2, -0.15) is 0 Å². The molecule has 0 aliphatic heterocycles. The summed E-state index contributed by atoms with van der Waals surface area (Å²) in [5, 5.41) is 5.33. The molecule has 8 nitrogen and oxygen atoms in total. The second kappa shape index (κ2) is 11.3. The van der Waals surface area contributed by atoms with Crippen molar-refractivity contribution < 1.29 is 28.6 Å². The quantitative estimate of drug-likeness (QED) is 0.359. The van der Waals surface area contributed by atoms with E-state index in [0.29, 0.717) is 23.7 Å². The van der Waals surface area contributed by atoms with Crippen LogP contribution in [-0.2, 0) is 9.59 Å². The molecule has 2 aromatic rings. The van der Waals surface area contributed by atoms with Gasteiger partial charge in [0.25, 0.3) is 11.8 Å². The Balaban J connectivity index is 1.67. The maximum atomic E-state index is 12.1. The molecule has 0 aliphatic carbocycles. The number of carbonyl (C=O) groups is 3. The SMILES string of the molecule is CCOc1ccc(OCC(=O)NCCNC(=O)c2cccc(OC(C)=O)c2)cc1. The molecule has 2 aromatic carbocycles. The van der Waals surface area contributed by atoms with E-state index in [4.69, 9.17) is 14.2 Å². The first-order chi connectivity index (χ1) is 14.0. The molecule has 2 N–H and O–H groups in total. The lowest BCUT2D eigenvalue weighted by atomic mass is 10.2. The number of hydrogen-bond acceptors (Lipinski definition) is 6. The number of carbonyl (C=O) groups excluding carboxylic acids is 3. The van der Waals surface area contributed by atoms with Crippen molar-refractivity contribution in [3.8, 4) is 17.2 Å². The third-order valence-electron chi connectivity index (χ3n) is 3.60. The molecule has 8 heteroatoms. The summed E-state index contributed by atoms with van der Waals surface area (Å²) in [7, 11) is 0. The van der Waals surface area contributed by atoms with E-state index in [9.17, 15) is 14.4 Å². The zero-order chi connectivity index (χ0) is 21.1. The molecule has 0 heterocycles. The van der Waals surface area contributed by atoms with Crippen molar-refractivity contribution >= 4 is 17.8 Å². The van der Waals surface area contributed by atoms with Crippen molar-refractivity contribution in [3.05, 3.63) is 54.1 Å². The van der Waals surface area contributed by atoms with Gasteiger partial charge < -0.3 is 24.8 Å². The number of hydrogen-bond donors (Lipinski definition) is 2. The zero-order valence-corrected chi connectivity index (χ0v) is 16.4. The molecule has 0 spiro atoms. The molecule has 2 rings (SSSR count). The molecule has 154 valence electrons. The fourth-order valence-electron chi connectivity index (χ4n) is 2.35. The predicted octanol–water partition coefficient (Wildman–Crippen LogP) is 1.94. The van der Waals surface area contributed by atoms with Crippen LogP contribution >= 0.6 is 0 Å². The monoisotopic (exact) mass is 400 g/mol. The molecule has 0 saturated carbocycles. The fraction of sp³-hybridized carbons (Fsp3) is 0.286. The Morgan fingerprint density at radius 3 is 2.17 bits per heavy atom. The van der Waals surface area contributed by atoms with Crippen molar-refractivity contribution in [2.24, 2.45) is 0 Å². The van der Waals surface area contributed by atoms with Crippen LogP contribution in [0.2, 0.25) is 0 Å². The normalized spacial score (nSPS) is 10.0. The lowest BCUT2D eigenvalue weighted by Crippen LogP contribution is -2.36. The zero-order valence-electron chi connectivity index (χ0n) is 16.4. The Hall–Kier alpha value is -3.55. The van der Waals surface area contributed by atoms with Crippen LogP contribution in [0.5, 0.6) is 17.2 Å². The van der Waals surface area contributed by atoms with E-state index in [1.165, 1.54) is 13.0 Å². The molecule has 0 aromatic heterocycles. The Bertz CT molecular complexity index is 835. The number of rotatable bonds is 10. The van der Waals surface area contributed by atoms with Gasteiger partial charge in [0.2, 0.25) is 0 Å². The van der Waals surface area contributed by atoms with E-state index in [0.717, 1.165) is 5.75 Å². The van der Waals surface area contributed by atoms with Gasteiger partial charge in [-0.05, 0) is 49.4 Å². The number of nitrogens with one attached hydrogen (secondary N) is 2. The van der Waals surface area contributed by atoms with Gasteiger partial charge in [-0.15, -0.1) is 0 Å². The Kier molecular flexibility index (Phi) is 8.50. The van der Waals surface area contributed by atoms with Gasteiger partial charge >= 0.3 is 5.97 Å². The predicted molar refractivity (Wildman–Crippen MR) is 106 cm³/mol. The average Bonchev–Trinajstić information content (AvgIpc) is 2.70. The van der Waals surface area contributed by atoms with Gasteiger partial charge in [-0.25, -0.2) is 0 Å². The highest BCUT2D eigenvalue weighted by atomic mass is 16.5. The molecule has 0 saturated heterocycles. The number of esters is 1. The second-order valence-corrected chi connectivity index (χ2v) is 5.92. The molecule has 0 fully saturated rings. The van der Waals surface area contributed by atoms with Gasteiger partial charge in [-0.3, -0.25) is 14.4 Å². The highest BCUT2D eigenvalue weighted by Gasteiger charge is 2.08. The summed E-state index contributed by atoms with van der Waals surface area (Å²) in [6.45, 7) is 4.13. The Labute approximate surface area is 169 Å². The van der Waals surface area contributed by atoms with E-state index in [-0.39, 0.29) is 31.5 Å². The minimum Gasteiger partial charge on any atom is -0.494 e. The van der Waals surface area contributed by atoms with Gasteiger partial charge in [0.15, 0.2) is 6.61 Å². The van der Waals surface area contributed by atoms with Crippen molar-refractivity contribution in [2.75, 3.05) is 26.3 Å². The van der Waals surface area contributed by atoms with Crippen molar-refractivity contribution in [3.63, 3.8) is 0 Å². The Morgan fingerprint density at radius 1 is 0.862 bits per heavy atom. The summed E-state index contributed by atoms with van der Waals surface area (Å²) < 4.78 is 15.7. The highest BCUT2D eigenvalue weighted by Crippen LogP contribution is 2.17. The van der Waals surface area contributed by atoms with Gasteiger partial charge in [0.05, 0.1) is 6.61 Å². The summed E-state index contributed by atoms with van der Waals surface area (Å²) in [5.74, 6) is 0.495. The van der Waals surface area contributed by atoms with Gasteiger partial charge in [0.1, 0.15) is 17.2 Å². The van der Waals surface area contributed by atoms with Crippen molar-refractivity contribution in [1.29, 1.82) is 0 Å². The summed E-state index contributed by atoms with van der Waals surface area (Å²) in [6.07, 6.45) is 0. The number of amides is 2. The van der Waals surface area contributed by atoms with E-state index >= 15 is 0 Å². The van der Waals surface area contributed by atoms with E-state index in [2.05, 4.69) is 10.6 Å². The number of benzene rings is 2. The minimum absolute atomic E-state index is 0.133. The first-order valence-electron chi connectivity index (χ1n) is 9.17.